The summed E-state index contributed by atoms with van der Waals surface area (Å²) in [5.74, 6) is -1.71. The lowest BCUT2D eigenvalue weighted by Gasteiger charge is -2.32. The summed E-state index contributed by atoms with van der Waals surface area (Å²) in [6.45, 7) is 3.74. The van der Waals surface area contributed by atoms with Gasteiger partial charge in [0.1, 0.15) is 0 Å². The van der Waals surface area contributed by atoms with Gasteiger partial charge in [-0.15, -0.1) is 0 Å². The van der Waals surface area contributed by atoms with Gasteiger partial charge >= 0.3 is 5.97 Å². The van der Waals surface area contributed by atoms with E-state index in [2.05, 4.69) is 6.92 Å². The highest BCUT2D eigenvalue weighted by Gasteiger charge is 2.38. The van der Waals surface area contributed by atoms with Gasteiger partial charge in [-0.1, -0.05) is 87.4 Å². The Labute approximate surface area is 168 Å². The fraction of sp³-hybridized carbons (Fsp3) is 0.435. The van der Waals surface area contributed by atoms with Gasteiger partial charge in [0.2, 0.25) is 7.37 Å². The molecule has 152 valence electrons. The molecule has 0 aliphatic rings. The molecule has 4 unspecified atom stereocenters. The van der Waals surface area contributed by atoms with Crippen molar-refractivity contribution < 1.29 is 19.4 Å². The van der Waals surface area contributed by atoms with E-state index >= 15 is 0 Å². The summed E-state index contributed by atoms with van der Waals surface area (Å²) in [5.41, 5.74) is 1.32. The van der Waals surface area contributed by atoms with Crippen molar-refractivity contribution in [2.24, 2.45) is 5.92 Å². The Bertz CT molecular complexity index is 776. The Balaban J connectivity index is 2.41. The van der Waals surface area contributed by atoms with Crippen LogP contribution in [0.5, 0.6) is 0 Å². The number of benzene rings is 2. The second-order valence-corrected chi connectivity index (χ2v) is 10.1. The second-order valence-electron chi connectivity index (χ2n) is 7.60. The van der Waals surface area contributed by atoms with Crippen molar-refractivity contribution in [3.05, 3.63) is 71.8 Å². The minimum absolute atomic E-state index is 0.118. The van der Waals surface area contributed by atoms with E-state index in [1.165, 1.54) is 0 Å². The number of hydrogen-bond acceptors (Lipinski definition) is 2. The molecule has 0 aromatic heterocycles. The molecule has 5 heteroatoms. The van der Waals surface area contributed by atoms with Crippen LogP contribution in [0.4, 0.5) is 0 Å². The highest BCUT2D eigenvalue weighted by atomic mass is 31.2. The smallest absolute Gasteiger partial charge is 0.306 e. The Morgan fingerprint density at radius 1 is 1.04 bits per heavy atom. The normalized spacial score (nSPS) is 16.7. The van der Waals surface area contributed by atoms with Gasteiger partial charge in [0.05, 0.1) is 5.92 Å². The van der Waals surface area contributed by atoms with E-state index in [0.717, 1.165) is 24.0 Å². The molecule has 4 nitrogen and oxygen atoms in total. The van der Waals surface area contributed by atoms with Crippen LogP contribution >= 0.6 is 7.37 Å². The quantitative estimate of drug-likeness (QED) is 0.458. The van der Waals surface area contributed by atoms with E-state index in [1.807, 2.05) is 60.7 Å². The number of unbranched alkanes of at least 4 members (excludes halogenated alkanes) is 1. The molecule has 0 spiro atoms. The number of hydrogen-bond donors (Lipinski definition) is 2. The van der Waals surface area contributed by atoms with E-state index in [9.17, 15) is 19.4 Å². The third-order valence-corrected chi connectivity index (χ3v) is 7.82. The Kier molecular flexibility index (Phi) is 8.47. The monoisotopic (exact) mass is 402 g/mol. The maximum Gasteiger partial charge on any atom is 0.306 e. The van der Waals surface area contributed by atoms with Crippen molar-refractivity contribution in [3.8, 4) is 0 Å². The third-order valence-electron chi connectivity index (χ3n) is 5.34. The van der Waals surface area contributed by atoms with Gasteiger partial charge in [-0.05, 0) is 29.9 Å². The van der Waals surface area contributed by atoms with E-state index in [-0.39, 0.29) is 12.1 Å². The van der Waals surface area contributed by atoms with E-state index in [1.54, 1.807) is 6.92 Å². The molecule has 0 saturated carbocycles. The molecule has 0 heterocycles. The summed E-state index contributed by atoms with van der Waals surface area (Å²) in [6, 6.07) is 19.0. The molecule has 28 heavy (non-hydrogen) atoms. The molecular weight excluding hydrogens is 371 g/mol. The zero-order valence-electron chi connectivity index (χ0n) is 16.7. The van der Waals surface area contributed by atoms with Gasteiger partial charge < -0.3 is 10.00 Å². The zero-order valence-corrected chi connectivity index (χ0v) is 17.6. The fourth-order valence-electron chi connectivity index (χ4n) is 3.76. The largest absolute Gasteiger partial charge is 0.481 e. The molecule has 0 aliphatic carbocycles. The molecule has 2 N–H and O–H groups in total. The molecule has 2 rings (SSSR count). The molecule has 0 bridgehead atoms. The summed E-state index contributed by atoms with van der Waals surface area (Å²) in [6.07, 6.45) is 2.86. The Hall–Kier alpha value is -1.90. The van der Waals surface area contributed by atoms with Crippen molar-refractivity contribution in [1.29, 1.82) is 0 Å². The minimum atomic E-state index is -3.56. The molecule has 2 aromatic carbocycles. The molecular formula is C23H31O4P. The van der Waals surface area contributed by atoms with Crippen LogP contribution in [0.3, 0.4) is 0 Å². The summed E-state index contributed by atoms with van der Waals surface area (Å²) in [7, 11) is -3.56. The van der Waals surface area contributed by atoms with Crippen LogP contribution < -0.4 is 0 Å². The molecule has 0 fully saturated rings. The predicted octanol–water partition coefficient (Wildman–Crippen LogP) is 5.91. The average molecular weight is 402 g/mol. The SMILES string of the molecule is CCCCC(C(CC(C)C(=O)O)c1ccccc1)P(=O)(O)Cc1ccccc1. The average Bonchev–Trinajstić information content (AvgIpc) is 2.68. The van der Waals surface area contributed by atoms with Crippen LogP contribution in [0.25, 0.3) is 0 Å². The molecule has 0 aliphatic heterocycles. The van der Waals surface area contributed by atoms with Gasteiger partial charge in [-0.25, -0.2) is 0 Å². The summed E-state index contributed by atoms with van der Waals surface area (Å²) >= 11 is 0. The standard InChI is InChI=1S/C23H31O4P/c1-3-4-15-22(28(26,27)17-19-11-7-5-8-12-19)21(16-18(2)23(24)25)20-13-9-6-10-14-20/h5-14,18,21-22H,3-4,15-17H2,1-2H3,(H,24,25)(H,26,27). The lowest BCUT2D eigenvalue weighted by molar-refractivity contribution is -0.141. The van der Waals surface area contributed by atoms with Crippen molar-refractivity contribution in [2.45, 2.75) is 57.3 Å². The highest BCUT2D eigenvalue weighted by Crippen LogP contribution is 2.57. The second kappa shape index (κ2) is 10.6. The first-order valence-corrected chi connectivity index (χ1v) is 11.9. The maximum atomic E-state index is 13.6. The van der Waals surface area contributed by atoms with E-state index in [4.69, 9.17) is 0 Å². The van der Waals surface area contributed by atoms with Crippen molar-refractivity contribution >= 4 is 13.3 Å². The van der Waals surface area contributed by atoms with Crippen molar-refractivity contribution in [3.63, 3.8) is 0 Å². The van der Waals surface area contributed by atoms with Crippen LogP contribution in [-0.2, 0) is 15.5 Å². The fourth-order valence-corrected chi connectivity index (χ4v) is 6.17. The van der Waals surface area contributed by atoms with Gasteiger partial charge in [-0.2, -0.15) is 0 Å². The minimum Gasteiger partial charge on any atom is -0.481 e. The maximum absolute atomic E-state index is 13.6. The molecule has 0 saturated heterocycles. The van der Waals surface area contributed by atoms with Crippen LogP contribution in [-0.4, -0.2) is 21.6 Å². The topological polar surface area (TPSA) is 74.6 Å². The lowest BCUT2D eigenvalue weighted by Crippen LogP contribution is -2.25. The highest BCUT2D eigenvalue weighted by molar-refractivity contribution is 7.58. The molecule has 4 atom stereocenters. The molecule has 0 amide bonds. The van der Waals surface area contributed by atoms with Gasteiger partial charge in [-0.3, -0.25) is 9.36 Å². The Morgan fingerprint density at radius 2 is 1.61 bits per heavy atom. The molecule has 2 aromatic rings. The summed E-state index contributed by atoms with van der Waals surface area (Å²) in [4.78, 5) is 22.7. The van der Waals surface area contributed by atoms with Crippen molar-refractivity contribution in [1.82, 2.24) is 0 Å². The van der Waals surface area contributed by atoms with Gasteiger partial charge in [0.25, 0.3) is 0 Å². The number of rotatable bonds is 11. The third kappa shape index (κ3) is 6.32. The zero-order chi connectivity index (χ0) is 20.6. The van der Waals surface area contributed by atoms with Crippen LogP contribution in [0.15, 0.2) is 60.7 Å². The first-order chi connectivity index (χ1) is 13.3. The predicted molar refractivity (Wildman–Crippen MR) is 114 cm³/mol. The summed E-state index contributed by atoms with van der Waals surface area (Å²) < 4.78 is 13.6. The molecule has 0 radical (unpaired) electrons. The Morgan fingerprint density at radius 3 is 2.14 bits per heavy atom. The number of carbonyl (C=O) groups is 1. The number of aliphatic carboxylic acids is 1. The van der Waals surface area contributed by atoms with Gasteiger partial charge in [0.15, 0.2) is 0 Å². The van der Waals surface area contributed by atoms with Crippen LogP contribution in [0.2, 0.25) is 0 Å². The van der Waals surface area contributed by atoms with E-state index < -0.39 is 24.9 Å². The summed E-state index contributed by atoms with van der Waals surface area (Å²) in [5, 5.41) is 9.44. The first kappa shape index (κ1) is 22.4. The van der Waals surface area contributed by atoms with Gasteiger partial charge in [0, 0.05) is 11.8 Å². The van der Waals surface area contributed by atoms with Crippen LogP contribution in [0.1, 0.15) is 56.6 Å². The van der Waals surface area contributed by atoms with E-state index in [0.29, 0.717) is 12.8 Å². The number of carboxylic acids is 1. The van der Waals surface area contributed by atoms with Crippen LogP contribution in [0, 0.1) is 5.92 Å². The lowest BCUT2D eigenvalue weighted by atomic mass is 9.85. The first-order valence-electron chi connectivity index (χ1n) is 9.98. The van der Waals surface area contributed by atoms with Crippen molar-refractivity contribution in [2.75, 3.05) is 0 Å². The number of carboxylic acid groups (broad SMARTS) is 1.